The summed E-state index contributed by atoms with van der Waals surface area (Å²) in [5, 5.41) is 9.34. The summed E-state index contributed by atoms with van der Waals surface area (Å²) in [5.41, 5.74) is 1.03. The largest absolute Gasteiger partial charge is 0.491 e. The number of rotatable bonds is 5. The molecule has 1 heterocycles. The van der Waals surface area contributed by atoms with Gasteiger partial charge < -0.3 is 9.84 Å². The molecule has 3 nitrogen and oxygen atoms in total. The topological polar surface area (TPSA) is 46.5 Å². The highest BCUT2D eigenvalue weighted by Gasteiger charge is 2.12. The molecule has 21 heavy (non-hydrogen) atoms. The Morgan fingerprint density at radius 1 is 1.24 bits per heavy atom. The van der Waals surface area contributed by atoms with Crippen molar-refractivity contribution in [3.05, 3.63) is 51.2 Å². The van der Waals surface area contributed by atoms with E-state index < -0.39 is 5.97 Å². The van der Waals surface area contributed by atoms with E-state index in [9.17, 15) is 9.90 Å². The van der Waals surface area contributed by atoms with Crippen LogP contribution < -0.4 is 4.74 Å². The summed E-state index contributed by atoms with van der Waals surface area (Å²) in [6.45, 7) is 3.91. The molecule has 1 aromatic heterocycles. The van der Waals surface area contributed by atoms with Crippen LogP contribution in [0.5, 0.6) is 5.75 Å². The molecule has 0 aliphatic heterocycles. The number of carbonyl (C=O) groups is 1. The molecular weight excluding hydrogens is 308 g/mol. The van der Waals surface area contributed by atoms with Crippen LogP contribution >= 0.6 is 22.9 Å². The molecule has 0 saturated heterocycles. The van der Waals surface area contributed by atoms with Crippen LogP contribution in [0.15, 0.2) is 36.4 Å². The van der Waals surface area contributed by atoms with E-state index in [1.54, 1.807) is 18.2 Å². The van der Waals surface area contributed by atoms with Gasteiger partial charge in [0, 0.05) is 4.88 Å². The zero-order valence-electron chi connectivity index (χ0n) is 11.7. The minimum absolute atomic E-state index is 0.106. The van der Waals surface area contributed by atoms with Gasteiger partial charge in [-0.25, -0.2) is 4.79 Å². The second-order valence-electron chi connectivity index (χ2n) is 4.70. The van der Waals surface area contributed by atoms with E-state index in [1.807, 2.05) is 38.1 Å². The van der Waals surface area contributed by atoms with Crippen molar-refractivity contribution in [2.45, 2.75) is 20.0 Å². The van der Waals surface area contributed by atoms with Crippen molar-refractivity contribution in [1.82, 2.24) is 0 Å². The van der Waals surface area contributed by atoms with Gasteiger partial charge in [-0.15, -0.1) is 11.3 Å². The van der Waals surface area contributed by atoms with Crippen molar-refractivity contribution in [2.75, 3.05) is 0 Å². The number of carboxylic acid groups (broad SMARTS) is 1. The van der Waals surface area contributed by atoms with Crippen molar-refractivity contribution in [3.63, 3.8) is 0 Å². The smallest absolute Gasteiger partial charge is 0.337 e. The van der Waals surface area contributed by atoms with Crippen LogP contribution in [0.25, 0.3) is 11.6 Å². The Morgan fingerprint density at radius 2 is 1.90 bits per heavy atom. The lowest BCUT2D eigenvalue weighted by molar-refractivity contribution is -0.130. The summed E-state index contributed by atoms with van der Waals surface area (Å²) in [6, 6.07) is 10.7. The van der Waals surface area contributed by atoms with Gasteiger partial charge in [-0.1, -0.05) is 23.7 Å². The van der Waals surface area contributed by atoms with E-state index >= 15 is 0 Å². The Bertz CT molecular complexity index is 656. The molecule has 1 aromatic carbocycles. The Labute approximate surface area is 132 Å². The third-order valence-corrected chi connectivity index (χ3v) is 3.90. The maximum atomic E-state index is 11.4. The van der Waals surface area contributed by atoms with Crippen LogP contribution in [0.2, 0.25) is 4.34 Å². The highest BCUT2D eigenvalue weighted by Crippen LogP contribution is 2.29. The number of benzene rings is 1. The van der Waals surface area contributed by atoms with Crippen LogP contribution in [-0.4, -0.2) is 17.2 Å². The van der Waals surface area contributed by atoms with E-state index in [4.69, 9.17) is 16.3 Å². The lowest BCUT2D eigenvalue weighted by atomic mass is 10.1. The third-order valence-electron chi connectivity index (χ3n) is 2.63. The molecule has 0 atom stereocenters. The average Bonchev–Trinajstić information content (AvgIpc) is 2.83. The lowest BCUT2D eigenvalue weighted by Crippen LogP contribution is -2.05. The fourth-order valence-corrected chi connectivity index (χ4v) is 2.83. The van der Waals surface area contributed by atoms with Gasteiger partial charge in [-0.2, -0.15) is 0 Å². The first kappa shape index (κ1) is 15.6. The molecule has 2 aromatic rings. The van der Waals surface area contributed by atoms with E-state index in [-0.39, 0.29) is 11.7 Å². The quantitative estimate of drug-likeness (QED) is 0.803. The first-order valence-corrected chi connectivity index (χ1v) is 7.62. The minimum atomic E-state index is -0.976. The lowest BCUT2D eigenvalue weighted by Gasteiger charge is -2.09. The zero-order chi connectivity index (χ0) is 15.4. The van der Waals surface area contributed by atoms with E-state index in [0.717, 1.165) is 11.3 Å². The molecule has 0 aliphatic rings. The van der Waals surface area contributed by atoms with Crippen molar-refractivity contribution in [1.29, 1.82) is 0 Å². The van der Waals surface area contributed by atoms with Gasteiger partial charge in [0.15, 0.2) is 0 Å². The molecule has 0 amide bonds. The molecule has 0 spiro atoms. The van der Waals surface area contributed by atoms with Crippen molar-refractivity contribution < 1.29 is 14.6 Å². The van der Waals surface area contributed by atoms with Gasteiger partial charge in [-0.05, 0) is 49.8 Å². The number of thiophene rings is 1. The number of halogens is 1. The number of carboxylic acids is 1. The summed E-state index contributed by atoms with van der Waals surface area (Å²) >= 11 is 7.11. The van der Waals surface area contributed by atoms with Crippen LogP contribution in [-0.2, 0) is 4.79 Å². The molecule has 2 rings (SSSR count). The highest BCUT2D eigenvalue weighted by atomic mass is 35.5. The van der Waals surface area contributed by atoms with Gasteiger partial charge in [0.05, 0.1) is 16.0 Å². The summed E-state index contributed by atoms with van der Waals surface area (Å²) in [5.74, 6) is -0.214. The molecule has 0 radical (unpaired) electrons. The third kappa shape index (κ3) is 4.34. The van der Waals surface area contributed by atoms with Gasteiger partial charge in [-0.3, -0.25) is 0 Å². The van der Waals surface area contributed by atoms with Gasteiger partial charge >= 0.3 is 5.97 Å². The van der Waals surface area contributed by atoms with Crippen molar-refractivity contribution in [2.24, 2.45) is 0 Å². The van der Waals surface area contributed by atoms with E-state index in [1.165, 1.54) is 11.3 Å². The van der Waals surface area contributed by atoms with Crippen LogP contribution in [0.1, 0.15) is 24.3 Å². The number of hydrogen-bond donors (Lipinski definition) is 1. The molecule has 0 saturated carbocycles. The summed E-state index contributed by atoms with van der Waals surface area (Å²) in [7, 11) is 0. The summed E-state index contributed by atoms with van der Waals surface area (Å²) in [4.78, 5) is 12.0. The number of aliphatic carboxylic acids is 1. The summed E-state index contributed by atoms with van der Waals surface area (Å²) in [6.07, 6.45) is 1.73. The molecule has 0 fully saturated rings. The fraction of sp³-hybridized carbons (Fsp3) is 0.188. The Kier molecular flexibility index (Phi) is 5.04. The Hall–Kier alpha value is -1.78. The van der Waals surface area contributed by atoms with Gasteiger partial charge in [0.1, 0.15) is 5.75 Å². The minimum Gasteiger partial charge on any atom is -0.491 e. The number of hydrogen-bond acceptors (Lipinski definition) is 3. The normalized spacial score (nSPS) is 11.7. The first-order valence-electron chi connectivity index (χ1n) is 6.43. The maximum absolute atomic E-state index is 11.4. The molecule has 1 N–H and O–H groups in total. The second kappa shape index (κ2) is 6.78. The predicted molar refractivity (Wildman–Crippen MR) is 87.0 cm³/mol. The molecule has 5 heteroatoms. The predicted octanol–water partition coefficient (Wildman–Crippen LogP) is 4.81. The molecular formula is C16H15ClO3S. The monoisotopic (exact) mass is 322 g/mol. The first-order chi connectivity index (χ1) is 9.95. The fourth-order valence-electron chi connectivity index (χ4n) is 1.78. The average molecular weight is 323 g/mol. The zero-order valence-corrected chi connectivity index (χ0v) is 13.2. The van der Waals surface area contributed by atoms with Crippen LogP contribution in [0, 0.1) is 0 Å². The highest BCUT2D eigenvalue weighted by molar-refractivity contribution is 7.17. The van der Waals surface area contributed by atoms with E-state index in [0.29, 0.717) is 9.21 Å². The van der Waals surface area contributed by atoms with Crippen LogP contribution in [0.4, 0.5) is 0 Å². The van der Waals surface area contributed by atoms with E-state index in [2.05, 4.69) is 0 Å². The number of ether oxygens (including phenoxy) is 1. The van der Waals surface area contributed by atoms with Crippen molar-refractivity contribution in [3.8, 4) is 5.75 Å². The van der Waals surface area contributed by atoms with Gasteiger partial charge in [0.25, 0.3) is 0 Å². The molecule has 0 unspecified atom stereocenters. The maximum Gasteiger partial charge on any atom is 0.337 e. The molecule has 110 valence electrons. The Morgan fingerprint density at radius 3 is 2.38 bits per heavy atom. The van der Waals surface area contributed by atoms with Crippen molar-refractivity contribution >= 4 is 40.6 Å². The molecule has 0 bridgehead atoms. The summed E-state index contributed by atoms with van der Waals surface area (Å²) < 4.78 is 6.12. The molecule has 0 aliphatic carbocycles. The van der Waals surface area contributed by atoms with Gasteiger partial charge in [0.2, 0.25) is 0 Å². The second-order valence-corrected chi connectivity index (χ2v) is 6.42. The standard InChI is InChI=1S/C16H15ClO3S/c1-10(2)20-12-5-3-11(4-6-12)9-13(16(18)19)14-7-8-15(17)21-14/h3-10H,1-2H3,(H,18,19)/b13-9-. The Balaban J connectivity index is 2.28. The van der Waals surface area contributed by atoms with Crippen LogP contribution in [0.3, 0.4) is 0 Å². The SMILES string of the molecule is CC(C)Oc1ccc(/C=C(\C(=O)O)c2ccc(Cl)s2)cc1.